The van der Waals surface area contributed by atoms with E-state index < -0.39 is 0 Å². The summed E-state index contributed by atoms with van der Waals surface area (Å²) < 4.78 is 5.92. The van der Waals surface area contributed by atoms with Crippen molar-refractivity contribution in [3.05, 3.63) is 42.0 Å². The van der Waals surface area contributed by atoms with Crippen LogP contribution in [-0.2, 0) is 6.61 Å². The Morgan fingerprint density at radius 3 is 2.67 bits per heavy atom. The minimum Gasteiger partial charge on any atom is -0.490 e. The van der Waals surface area contributed by atoms with Crippen LogP contribution in [0.3, 0.4) is 0 Å². The van der Waals surface area contributed by atoms with Crippen LogP contribution in [-0.4, -0.2) is 11.2 Å². The lowest BCUT2D eigenvalue weighted by Gasteiger charge is -2.17. The Balaban J connectivity index is 2.38. The molecule has 0 bridgehead atoms. The maximum atomic E-state index is 9.58. The Morgan fingerprint density at radius 2 is 1.94 bits per heavy atom. The molecule has 0 aliphatic heterocycles. The molecular formula is C16H20O2. The lowest BCUT2D eigenvalue weighted by Crippen LogP contribution is -2.12. The zero-order valence-electron chi connectivity index (χ0n) is 11.0. The third kappa shape index (κ3) is 2.65. The first-order valence-corrected chi connectivity index (χ1v) is 6.54. The fourth-order valence-electron chi connectivity index (χ4n) is 2.27. The van der Waals surface area contributed by atoms with E-state index in [1.54, 1.807) is 0 Å². The van der Waals surface area contributed by atoms with Crippen molar-refractivity contribution in [3.63, 3.8) is 0 Å². The summed E-state index contributed by atoms with van der Waals surface area (Å²) in [5.41, 5.74) is 0.885. The Morgan fingerprint density at radius 1 is 1.17 bits per heavy atom. The van der Waals surface area contributed by atoms with Gasteiger partial charge in [-0.3, -0.25) is 0 Å². The van der Waals surface area contributed by atoms with Crippen molar-refractivity contribution in [2.45, 2.75) is 39.4 Å². The summed E-state index contributed by atoms with van der Waals surface area (Å²) in [6.07, 6.45) is 2.31. The fourth-order valence-corrected chi connectivity index (χ4v) is 2.27. The van der Waals surface area contributed by atoms with Gasteiger partial charge in [-0.05, 0) is 30.2 Å². The Labute approximate surface area is 108 Å². The molecule has 1 unspecified atom stereocenters. The molecule has 96 valence electrons. The van der Waals surface area contributed by atoms with Crippen molar-refractivity contribution in [1.82, 2.24) is 0 Å². The summed E-state index contributed by atoms with van der Waals surface area (Å²) >= 11 is 0. The van der Waals surface area contributed by atoms with Gasteiger partial charge >= 0.3 is 0 Å². The van der Waals surface area contributed by atoms with Gasteiger partial charge < -0.3 is 9.84 Å². The van der Waals surface area contributed by atoms with Crippen molar-refractivity contribution in [1.29, 1.82) is 0 Å². The molecule has 0 radical (unpaired) electrons. The van der Waals surface area contributed by atoms with Gasteiger partial charge in [0.15, 0.2) is 0 Å². The Hall–Kier alpha value is -1.54. The molecule has 0 saturated carbocycles. The van der Waals surface area contributed by atoms with Crippen LogP contribution in [0.15, 0.2) is 36.4 Å². The van der Waals surface area contributed by atoms with Crippen molar-refractivity contribution in [3.8, 4) is 5.75 Å². The number of rotatable bonds is 5. The van der Waals surface area contributed by atoms with E-state index >= 15 is 0 Å². The lowest BCUT2D eigenvalue weighted by atomic mass is 10.0. The van der Waals surface area contributed by atoms with E-state index in [2.05, 4.69) is 13.8 Å². The maximum Gasteiger partial charge on any atom is 0.125 e. The van der Waals surface area contributed by atoms with Gasteiger partial charge in [0.05, 0.1) is 12.7 Å². The Kier molecular flexibility index (Phi) is 4.21. The van der Waals surface area contributed by atoms with Crippen LogP contribution < -0.4 is 4.74 Å². The fraction of sp³-hybridized carbons (Fsp3) is 0.375. The minimum absolute atomic E-state index is 0.00946. The third-order valence-electron chi connectivity index (χ3n) is 3.18. The second kappa shape index (κ2) is 5.87. The summed E-state index contributed by atoms with van der Waals surface area (Å²) in [6.45, 7) is 4.22. The third-order valence-corrected chi connectivity index (χ3v) is 3.18. The first-order chi connectivity index (χ1) is 8.76. The van der Waals surface area contributed by atoms with E-state index in [0.717, 1.165) is 34.9 Å². The summed E-state index contributed by atoms with van der Waals surface area (Å²) in [5.74, 6) is 0.803. The summed E-state index contributed by atoms with van der Waals surface area (Å²) in [7, 11) is 0. The molecule has 2 nitrogen and oxygen atoms in total. The van der Waals surface area contributed by atoms with Crippen molar-refractivity contribution in [2.24, 2.45) is 0 Å². The molecule has 2 aromatic carbocycles. The lowest BCUT2D eigenvalue weighted by molar-refractivity contribution is 0.200. The standard InChI is InChI=1S/C16H20O2/c1-3-6-12(2)18-16-10-9-13-7-4-5-8-14(13)15(16)11-17/h4-5,7-10,12,17H,3,6,11H2,1-2H3. The van der Waals surface area contributed by atoms with Gasteiger partial charge in [0.2, 0.25) is 0 Å². The number of benzene rings is 2. The molecule has 0 fully saturated rings. The number of aliphatic hydroxyl groups is 1. The van der Waals surface area contributed by atoms with E-state index in [1.165, 1.54) is 0 Å². The van der Waals surface area contributed by atoms with Crippen molar-refractivity contribution >= 4 is 10.8 Å². The number of ether oxygens (including phenoxy) is 1. The molecule has 1 atom stereocenters. The summed E-state index contributed by atoms with van der Waals surface area (Å²) in [5, 5.41) is 11.8. The van der Waals surface area contributed by atoms with Crippen LogP contribution in [0.25, 0.3) is 10.8 Å². The maximum absolute atomic E-state index is 9.58. The molecule has 2 rings (SSSR count). The van der Waals surface area contributed by atoms with Crippen LogP contribution in [0.1, 0.15) is 32.3 Å². The van der Waals surface area contributed by atoms with E-state index in [4.69, 9.17) is 4.74 Å². The normalized spacial score (nSPS) is 12.6. The van der Waals surface area contributed by atoms with Gasteiger partial charge in [-0.15, -0.1) is 0 Å². The number of fused-ring (bicyclic) bond motifs is 1. The molecule has 0 aliphatic rings. The van der Waals surface area contributed by atoms with Gasteiger partial charge in [-0.25, -0.2) is 0 Å². The average Bonchev–Trinajstić information content (AvgIpc) is 2.38. The average molecular weight is 244 g/mol. The molecule has 2 aromatic rings. The zero-order chi connectivity index (χ0) is 13.0. The monoisotopic (exact) mass is 244 g/mol. The van der Waals surface area contributed by atoms with Crippen LogP contribution in [0, 0.1) is 0 Å². The molecule has 0 aromatic heterocycles. The molecule has 2 heteroatoms. The number of hydrogen-bond acceptors (Lipinski definition) is 2. The molecular weight excluding hydrogens is 224 g/mol. The van der Waals surface area contributed by atoms with Gasteiger partial charge in [0, 0.05) is 5.56 Å². The topological polar surface area (TPSA) is 29.5 Å². The van der Waals surface area contributed by atoms with Gasteiger partial charge in [0.25, 0.3) is 0 Å². The first kappa shape index (κ1) is 12.9. The highest BCUT2D eigenvalue weighted by Gasteiger charge is 2.10. The van der Waals surface area contributed by atoms with E-state index in [1.807, 2.05) is 36.4 Å². The molecule has 0 saturated heterocycles. The smallest absolute Gasteiger partial charge is 0.125 e. The van der Waals surface area contributed by atoms with E-state index in [0.29, 0.717) is 0 Å². The predicted molar refractivity (Wildman–Crippen MR) is 74.9 cm³/mol. The van der Waals surface area contributed by atoms with E-state index in [-0.39, 0.29) is 12.7 Å². The highest BCUT2D eigenvalue weighted by Crippen LogP contribution is 2.29. The highest BCUT2D eigenvalue weighted by atomic mass is 16.5. The van der Waals surface area contributed by atoms with Crippen LogP contribution in [0.5, 0.6) is 5.75 Å². The van der Waals surface area contributed by atoms with Crippen LogP contribution in [0.4, 0.5) is 0 Å². The number of hydrogen-bond donors (Lipinski definition) is 1. The van der Waals surface area contributed by atoms with Crippen molar-refractivity contribution < 1.29 is 9.84 Å². The molecule has 0 amide bonds. The predicted octanol–water partition coefficient (Wildman–Crippen LogP) is 3.90. The second-order valence-electron chi connectivity index (χ2n) is 4.64. The number of aliphatic hydroxyl groups excluding tert-OH is 1. The van der Waals surface area contributed by atoms with Crippen molar-refractivity contribution in [2.75, 3.05) is 0 Å². The molecule has 0 heterocycles. The van der Waals surface area contributed by atoms with E-state index in [9.17, 15) is 5.11 Å². The molecule has 1 N–H and O–H groups in total. The van der Waals surface area contributed by atoms with Crippen LogP contribution in [0.2, 0.25) is 0 Å². The molecule has 18 heavy (non-hydrogen) atoms. The zero-order valence-corrected chi connectivity index (χ0v) is 11.0. The summed E-state index contributed by atoms with van der Waals surface area (Å²) in [6, 6.07) is 12.1. The van der Waals surface area contributed by atoms with Gasteiger partial charge in [-0.2, -0.15) is 0 Å². The quantitative estimate of drug-likeness (QED) is 0.864. The summed E-state index contributed by atoms with van der Waals surface area (Å²) in [4.78, 5) is 0. The molecule has 0 spiro atoms. The first-order valence-electron chi connectivity index (χ1n) is 6.54. The molecule has 0 aliphatic carbocycles. The Bertz CT molecular complexity index is 519. The SMILES string of the molecule is CCCC(C)Oc1ccc2ccccc2c1CO. The van der Waals surface area contributed by atoms with Gasteiger partial charge in [0.1, 0.15) is 5.75 Å². The highest BCUT2D eigenvalue weighted by molar-refractivity contribution is 5.87. The largest absolute Gasteiger partial charge is 0.490 e. The minimum atomic E-state index is 0.00946. The second-order valence-corrected chi connectivity index (χ2v) is 4.64. The van der Waals surface area contributed by atoms with Crippen LogP contribution >= 0.6 is 0 Å². The van der Waals surface area contributed by atoms with Gasteiger partial charge in [-0.1, -0.05) is 43.7 Å².